The van der Waals surface area contributed by atoms with E-state index in [0.717, 1.165) is 0 Å². The van der Waals surface area contributed by atoms with E-state index >= 15 is 0 Å². The zero-order chi connectivity index (χ0) is 12.0. The molecule has 0 fully saturated rings. The van der Waals surface area contributed by atoms with Crippen LogP contribution in [-0.4, -0.2) is 22.8 Å². The number of anilines is 1. The number of ether oxygens (including phenoxy) is 1. The summed E-state index contributed by atoms with van der Waals surface area (Å²) in [5.41, 5.74) is 0. The topological polar surface area (TPSA) is 63.2 Å². The molecular weight excluding hydrogens is 246 g/mol. The van der Waals surface area contributed by atoms with Gasteiger partial charge in [0.25, 0.3) is 0 Å². The minimum atomic E-state index is -0.553. The van der Waals surface area contributed by atoms with Crippen LogP contribution in [-0.2, 0) is 4.74 Å². The number of aromatic nitrogens is 1. The number of amides is 1. The molecule has 1 amide bonds. The second-order valence-electron chi connectivity index (χ2n) is 3.41. The lowest BCUT2D eigenvalue weighted by Crippen LogP contribution is -2.35. The van der Waals surface area contributed by atoms with Gasteiger partial charge in [-0.1, -0.05) is 13.8 Å². The molecule has 1 aromatic heterocycles. The number of carbonyl (C=O) groups is 1. The lowest BCUT2D eigenvalue weighted by molar-refractivity contribution is 0.138. The Hall–Kier alpha value is -1.21. The third kappa shape index (κ3) is 5.04. The number of alkyl carbamates (subject to hydrolysis) is 1. The number of hydrogen-bond donors (Lipinski definition) is 2. The van der Waals surface area contributed by atoms with Crippen molar-refractivity contribution in [2.24, 2.45) is 5.92 Å². The number of thiazole rings is 1. The van der Waals surface area contributed by atoms with E-state index in [0.29, 0.717) is 17.7 Å². The highest BCUT2D eigenvalue weighted by atomic mass is 32.1. The molecule has 1 heterocycles. The zero-order valence-corrected chi connectivity index (χ0v) is 10.7. The van der Waals surface area contributed by atoms with Crippen LogP contribution in [0.1, 0.15) is 13.8 Å². The fourth-order valence-electron chi connectivity index (χ4n) is 0.785. The maximum Gasteiger partial charge on any atom is 0.413 e. The summed E-state index contributed by atoms with van der Waals surface area (Å²) in [7, 11) is 0. The van der Waals surface area contributed by atoms with Gasteiger partial charge >= 0.3 is 6.09 Å². The summed E-state index contributed by atoms with van der Waals surface area (Å²) in [6.45, 7) is 4.28. The smallest absolute Gasteiger partial charge is 0.413 e. The van der Waals surface area contributed by atoms with E-state index in [9.17, 15) is 4.79 Å². The Bertz CT molecular complexity index is 352. The second-order valence-corrected chi connectivity index (χ2v) is 4.71. The van der Waals surface area contributed by atoms with Crippen LogP contribution in [0.25, 0.3) is 0 Å². The standard InChI is InChI=1S/C9H13N3O2S2/c1-6(2)5-14-9(13)12-7(15)11-8-10-3-4-16-8/h3-4,6H,5H2,1-2H3,(H2,10,11,12,13,15). The van der Waals surface area contributed by atoms with Crippen molar-refractivity contribution in [1.82, 2.24) is 10.3 Å². The van der Waals surface area contributed by atoms with Gasteiger partial charge in [-0.2, -0.15) is 0 Å². The van der Waals surface area contributed by atoms with Crippen LogP contribution in [0.3, 0.4) is 0 Å². The molecule has 88 valence electrons. The van der Waals surface area contributed by atoms with Crippen LogP contribution in [0, 0.1) is 5.92 Å². The van der Waals surface area contributed by atoms with Crippen molar-refractivity contribution in [2.75, 3.05) is 11.9 Å². The molecule has 0 radical (unpaired) electrons. The second kappa shape index (κ2) is 6.39. The Labute approximate surface area is 103 Å². The van der Waals surface area contributed by atoms with E-state index in [4.69, 9.17) is 17.0 Å². The molecule has 0 saturated heterocycles. The minimum Gasteiger partial charge on any atom is -0.449 e. The van der Waals surface area contributed by atoms with Gasteiger partial charge in [-0.05, 0) is 18.1 Å². The number of nitrogens with one attached hydrogen (secondary N) is 2. The molecule has 2 N–H and O–H groups in total. The van der Waals surface area contributed by atoms with E-state index in [2.05, 4.69) is 15.6 Å². The van der Waals surface area contributed by atoms with E-state index in [1.807, 2.05) is 19.2 Å². The molecule has 0 atom stereocenters. The van der Waals surface area contributed by atoms with Crippen LogP contribution in [0.15, 0.2) is 11.6 Å². The van der Waals surface area contributed by atoms with Crippen LogP contribution in [0.5, 0.6) is 0 Å². The Kier molecular flexibility index (Phi) is 5.13. The first-order valence-corrected chi connectivity index (χ1v) is 6.01. The quantitative estimate of drug-likeness (QED) is 0.815. The average Bonchev–Trinajstić information content (AvgIpc) is 2.67. The fraction of sp³-hybridized carbons (Fsp3) is 0.444. The average molecular weight is 259 g/mol. The van der Waals surface area contributed by atoms with Crippen molar-refractivity contribution in [3.8, 4) is 0 Å². The Morgan fingerprint density at radius 1 is 1.69 bits per heavy atom. The summed E-state index contributed by atoms with van der Waals surface area (Å²) in [4.78, 5) is 15.2. The van der Waals surface area contributed by atoms with Gasteiger partial charge in [0.2, 0.25) is 0 Å². The first kappa shape index (κ1) is 12.9. The lowest BCUT2D eigenvalue weighted by Gasteiger charge is -2.09. The summed E-state index contributed by atoms with van der Waals surface area (Å²) in [6, 6.07) is 0. The summed E-state index contributed by atoms with van der Waals surface area (Å²) in [5.74, 6) is 0.297. The Morgan fingerprint density at radius 2 is 2.44 bits per heavy atom. The van der Waals surface area contributed by atoms with Gasteiger partial charge in [0.05, 0.1) is 6.61 Å². The van der Waals surface area contributed by atoms with Gasteiger partial charge in [-0.3, -0.25) is 5.32 Å². The van der Waals surface area contributed by atoms with Crippen molar-refractivity contribution in [3.05, 3.63) is 11.6 Å². The minimum absolute atomic E-state index is 0.184. The monoisotopic (exact) mass is 259 g/mol. The molecule has 1 rings (SSSR count). The Morgan fingerprint density at radius 3 is 3.00 bits per heavy atom. The van der Waals surface area contributed by atoms with Crippen molar-refractivity contribution < 1.29 is 9.53 Å². The van der Waals surface area contributed by atoms with Gasteiger partial charge < -0.3 is 10.1 Å². The largest absolute Gasteiger partial charge is 0.449 e. The maximum absolute atomic E-state index is 11.2. The summed E-state index contributed by atoms with van der Waals surface area (Å²) in [6.07, 6.45) is 1.09. The predicted molar refractivity (Wildman–Crippen MR) is 67.7 cm³/mol. The van der Waals surface area contributed by atoms with Gasteiger partial charge in [0.1, 0.15) is 0 Å². The fourth-order valence-corrected chi connectivity index (χ4v) is 1.56. The van der Waals surface area contributed by atoms with E-state index in [1.54, 1.807) is 6.20 Å². The molecule has 0 unspecified atom stereocenters. The van der Waals surface area contributed by atoms with Crippen molar-refractivity contribution >= 4 is 39.9 Å². The third-order valence-corrected chi connectivity index (χ3v) is 2.31. The molecule has 1 aromatic rings. The molecule has 0 bridgehead atoms. The first-order valence-electron chi connectivity index (χ1n) is 4.72. The Balaban J connectivity index is 2.26. The van der Waals surface area contributed by atoms with E-state index < -0.39 is 6.09 Å². The SMILES string of the molecule is CC(C)COC(=O)NC(=S)Nc1nccs1. The molecule has 0 aliphatic carbocycles. The summed E-state index contributed by atoms with van der Waals surface area (Å²) in [5, 5.41) is 7.79. The molecule has 7 heteroatoms. The van der Waals surface area contributed by atoms with Crippen LogP contribution in [0.4, 0.5) is 9.93 Å². The molecule has 0 aliphatic heterocycles. The number of carbonyl (C=O) groups excluding carboxylic acids is 1. The first-order chi connectivity index (χ1) is 7.58. The third-order valence-electron chi connectivity index (χ3n) is 1.42. The number of nitrogens with zero attached hydrogens (tertiary/aromatic N) is 1. The van der Waals surface area contributed by atoms with Crippen molar-refractivity contribution in [2.45, 2.75) is 13.8 Å². The summed E-state index contributed by atoms with van der Waals surface area (Å²) >= 11 is 6.30. The van der Waals surface area contributed by atoms with Gasteiger partial charge in [0, 0.05) is 11.6 Å². The van der Waals surface area contributed by atoms with Gasteiger partial charge in [0.15, 0.2) is 10.2 Å². The highest BCUT2D eigenvalue weighted by Crippen LogP contribution is 2.09. The molecule has 0 spiro atoms. The highest BCUT2D eigenvalue weighted by Gasteiger charge is 2.07. The molecule has 0 aromatic carbocycles. The zero-order valence-electron chi connectivity index (χ0n) is 9.02. The van der Waals surface area contributed by atoms with E-state index in [1.165, 1.54) is 11.3 Å². The number of rotatable bonds is 3. The molecule has 5 nitrogen and oxygen atoms in total. The summed E-state index contributed by atoms with van der Waals surface area (Å²) < 4.78 is 4.90. The van der Waals surface area contributed by atoms with Crippen LogP contribution >= 0.6 is 23.6 Å². The van der Waals surface area contributed by atoms with Gasteiger partial charge in [-0.25, -0.2) is 9.78 Å². The molecule has 0 aliphatic rings. The van der Waals surface area contributed by atoms with Crippen molar-refractivity contribution in [1.29, 1.82) is 0 Å². The number of hydrogen-bond acceptors (Lipinski definition) is 5. The molecule has 0 saturated carbocycles. The maximum atomic E-state index is 11.2. The molecule has 16 heavy (non-hydrogen) atoms. The normalized spacial score (nSPS) is 9.94. The molecular formula is C9H13N3O2S2. The lowest BCUT2D eigenvalue weighted by atomic mass is 10.2. The van der Waals surface area contributed by atoms with Crippen LogP contribution < -0.4 is 10.6 Å². The van der Waals surface area contributed by atoms with Gasteiger partial charge in [-0.15, -0.1) is 11.3 Å². The van der Waals surface area contributed by atoms with E-state index in [-0.39, 0.29) is 5.11 Å². The van der Waals surface area contributed by atoms with Crippen LogP contribution in [0.2, 0.25) is 0 Å². The number of thiocarbonyl (C=S) groups is 1. The van der Waals surface area contributed by atoms with Crippen molar-refractivity contribution in [3.63, 3.8) is 0 Å². The predicted octanol–water partition coefficient (Wildman–Crippen LogP) is 2.22. The highest BCUT2D eigenvalue weighted by molar-refractivity contribution is 7.80.